The number of imidazole rings is 1. The summed E-state index contributed by atoms with van der Waals surface area (Å²) in [5.41, 5.74) is 6.81. The summed E-state index contributed by atoms with van der Waals surface area (Å²) in [6.07, 6.45) is 0.257. The van der Waals surface area contributed by atoms with Crippen molar-refractivity contribution < 1.29 is 9.53 Å². The van der Waals surface area contributed by atoms with Crippen LogP contribution in [0.1, 0.15) is 38.1 Å². The molecule has 0 saturated carbocycles. The highest BCUT2D eigenvalue weighted by atomic mass is 16.5. The molecule has 6 heteroatoms. The molecule has 2 heterocycles. The van der Waals surface area contributed by atoms with E-state index in [1.807, 2.05) is 12.1 Å². The number of fused-ring (bicyclic) bond motifs is 1. The Bertz CT molecular complexity index is 672. The lowest BCUT2D eigenvalue weighted by molar-refractivity contribution is 0.211. The molecule has 3 N–H and O–H groups in total. The van der Waals surface area contributed by atoms with Crippen molar-refractivity contribution in [2.24, 2.45) is 5.73 Å². The van der Waals surface area contributed by atoms with Crippen molar-refractivity contribution in [1.82, 2.24) is 14.9 Å². The first-order valence-electron chi connectivity index (χ1n) is 7.26. The number of nitrogens with zero attached hydrogens (tertiary/aromatic N) is 2. The topological polar surface area (TPSA) is 82.2 Å². The first-order valence-corrected chi connectivity index (χ1v) is 7.26. The van der Waals surface area contributed by atoms with Gasteiger partial charge < -0.3 is 20.4 Å². The number of carbonyl (C=O) groups excluding carboxylic acids is 1. The Labute approximate surface area is 123 Å². The Balaban J connectivity index is 2.18. The molecule has 1 amide bonds. The molecule has 1 aromatic heterocycles. The molecule has 1 unspecified atom stereocenters. The van der Waals surface area contributed by atoms with Crippen LogP contribution in [0.3, 0.4) is 0 Å². The smallest absolute Gasteiger partial charge is 0.408 e. The van der Waals surface area contributed by atoms with Crippen LogP contribution in [-0.4, -0.2) is 28.7 Å². The molecule has 1 fully saturated rings. The van der Waals surface area contributed by atoms with Crippen molar-refractivity contribution in [3.05, 3.63) is 24.0 Å². The van der Waals surface area contributed by atoms with E-state index in [0.29, 0.717) is 17.2 Å². The largest absolute Gasteiger partial charge is 0.410 e. The lowest BCUT2D eigenvalue weighted by Gasteiger charge is -2.16. The van der Waals surface area contributed by atoms with Crippen molar-refractivity contribution >= 4 is 17.1 Å². The van der Waals surface area contributed by atoms with E-state index in [2.05, 4.69) is 23.7 Å². The molecular formula is C15H20N4O2. The number of hydrogen-bond acceptors (Lipinski definition) is 4. The predicted molar refractivity (Wildman–Crippen MR) is 80.6 cm³/mol. The maximum absolute atomic E-state index is 11.0. The van der Waals surface area contributed by atoms with E-state index in [4.69, 9.17) is 15.5 Å². The lowest BCUT2D eigenvalue weighted by atomic mass is 10.1. The molecule has 1 saturated heterocycles. The molecule has 21 heavy (non-hydrogen) atoms. The fraction of sp³-hybridized carbons (Fsp3) is 0.467. The van der Waals surface area contributed by atoms with Gasteiger partial charge in [-0.15, -0.1) is 0 Å². The standard InChI is InChI=1S/C15H20N4O2/c1-9(2)19-11-4-3-5-12(21-15(16)20)13(11)18-14(19)10-6-7-17-8-10/h3-5,9-10,17H,6-8H2,1-2H3,(H2,16,20). The normalized spacial score (nSPS) is 18.5. The Kier molecular flexibility index (Phi) is 3.55. The van der Waals surface area contributed by atoms with Crippen LogP contribution in [0.4, 0.5) is 4.79 Å². The van der Waals surface area contributed by atoms with Gasteiger partial charge in [0.05, 0.1) is 5.52 Å². The quantitative estimate of drug-likeness (QED) is 0.906. The van der Waals surface area contributed by atoms with Gasteiger partial charge in [0.15, 0.2) is 5.75 Å². The van der Waals surface area contributed by atoms with Crippen molar-refractivity contribution in [2.75, 3.05) is 13.1 Å². The molecule has 0 aliphatic carbocycles. The van der Waals surface area contributed by atoms with E-state index in [-0.39, 0.29) is 6.04 Å². The minimum atomic E-state index is -0.814. The van der Waals surface area contributed by atoms with Crippen LogP contribution in [-0.2, 0) is 0 Å². The van der Waals surface area contributed by atoms with E-state index in [9.17, 15) is 4.79 Å². The summed E-state index contributed by atoms with van der Waals surface area (Å²) >= 11 is 0. The summed E-state index contributed by atoms with van der Waals surface area (Å²) < 4.78 is 7.31. The van der Waals surface area contributed by atoms with Crippen molar-refractivity contribution in [3.63, 3.8) is 0 Å². The summed E-state index contributed by atoms with van der Waals surface area (Å²) in [7, 11) is 0. The van der Waals surface area contributed by atoms with Gasteiger partial charge in [0.1, 0.15) is 11.3 Å². The average Bonchev–Trinajstić information content (AvgIpc) is 3.05. The molecule has 112 valence electrons. The van der Waals surface area contributed by atoms with Crippen molar-refractivity contribution in [2.45, 2.75) is 32.2 Å². The van der Waals surface area contributed by atoms with Crippen LogP contribution in [0.5, 0.6) is 5.75 Å². The zero-order valence-electron chi connectivity index (χ0n) is 12.3. The average molecular weight is 288 g/mol. The fourth-order valence-corrected chi connectivity index (χ4v) is 3.01. The predicted octanol–water partition coefficient (Wildman–Crippen LogP) is 2.15. The maximum atomic E-state index is 11.0. The van der Waals surface area contributed by atoms with Crippen LogP contribution >= 0.6 is 0 Å². The minimum Gasteiger partial charge on any atom is -0.408 e. The molecule has 0 spiro atoms. The molecule has 0 bridgehead atoms. The van der Waals surface area contributed by atoms with Gasteiger partial charge in [0.25, 0.3) is 0 Å². The molecule has 1 aliphatic heterocycles. The molecule has 1 aromatic carbocycles. The van der Waals surface area contributed by atoms with E-state index < -0.39 is 6.09 Å². The highest BCUT2D eigenvalue weighted by molar-refractivity contribution is 5.85. The number of para-hydroxylation sites is 1. The van der Waals surface area contributed by atoms with Gasteiger partial charge in [-0.25, -0.2) is 9.78 Å². The van der Waals surface area contributed by atoms with Gasteiger partial charge in [0.2, 0.25) is 0 Å². The van der Waals surface area contributed by atoms with Crippen molar-refractivity contribution in [3.8, 4) is 5.75 Å². The minimum absolute atomic E-state index is 0.287. The van der Waals surface area contributed by atoms with Crippen LogP contribution < -0.4 is 15.8 Å². The Morgan fingerprint density at radius 3 is 2.95 bits per heavy atom. The van der Waals surface area contributed by atoms with E-state index in [0.717, 1.165) is 30.9 Å². The number of amides is 1. The van der Waals surface area contributed by atoms with Gasteiger partial charge in [0, 0.05) is 18.5 Å². The third-order valence-corrected chi connectivity index (χ3v) is 3.86. The third kappa shape index (κ3) is 2.47. The van der Waals surface area contributed by atoms with Crippen LogP contribution in [0.15, 0.2) is 18.2 Å². The van der Waals surface area contributed by atoms with Crippen molar-refractivity contribution in [1.29, 1.82) is 0 Å². The molecule has 3 rings (SSSR count). The van der Waals surface area contributed by atoms with Gasteiger partial charge in [-0.05, 0) is 38.9 Å². The number of hydrogen-bond donors (Lipinski definition) is 2. The first-order chi connectivity index (χ1) is 10.1. The second-order valence-corrected chi connectivity index (χ2v) is 5.67. The second-order valence-electron chi connectivity index (χ2n) is 5.67. The zero-order chi connectivity index (χ0) is 15.0. The van der Waals surface area contributed by atoms with E-state index in [1.54, 1.807) is 6.07 Å². The highest BCUT2D eigenvalue weighted by Crippen LogP contribution is 2.33. The molecule has 1 atom stereocenters. The third-order valence-electron chi connectivity index (χ3n) is 3.86. The zero-order valence-corrected chi connectivity index (χ0v) is 12.3. The van der Waals surface area contributed by atoms with Gasteiger partial charge in [-0.1, -0.05) is 6.07 Å². The number of aromatic nitrogens is 2. The van der Waals surface area contributed by atoms with Crippen LogP contribution in [0.25, 0.3) is 11.0 Å². The monoisotopic (exact) mass is 288 g/mol. The highest BCUT2D eigenvalue weighted by Gasteiger charge is 2.25. The molecular weight excluding hydrogens is 268 g/mol. The molecule has 6 nitrogen and oxygen atoms in total. The molecule has 1 aliphatic rings. The number of nitrogens with one attached hydrogen (secondary N) is 1. The second kappa shape index (κ2) is 5.37. The van der Waals surface area contributed by atoms with Crippen LogP contribution in [0.2, 0.25) is 0 Å². The fourth-order valence-electron chi connectivity index (χ4n) is 3.01. The number of benzene rings is 1. The van der Waals surface area contributed by atoms with E-state index in [1.165, 1.54) is 0 Å². The van der Waals surface area contributed by atoms with Gasteiger partial charge >= 0.3 is 6.09 Å². The number of ether oxygens (including phenoxy) is 1. The SMILES string of the molecule is CC(C)n1c(C2CCNC2)nc2c(OC(N)=O)cccc21. The summed E-state index contributed by atoms with van der Waals surface area (Å²) in [5, 5.41) is 3.37. The van der Waals surface area contributed by atoms with E-state index >= 15 is 0 Å². The maximum Gasteiger partial charge on any atom is 0.410 e. The van der Waals surface area contributed by atoms with Gasteiger partial charge in [-0.3, -0.25) is 0 Å². The number of rotatable bonds is 3. The summed E-state index contributed by atoms with van der Waals surface area (Å²) in [5.74, 6) is 1.86. The Hall–Kier alpha value is -2.08. The Morgan fingerprint density at radius 2 is 2.33 bits per heavy atom. The molecule has 0 radical (unpaired) electrons. The summed E-state index contributed by atoms with van der Waals surface area (Å²) in [6.45, 7) is 6.21. The number of nitrogens with two attached hydrogens (primary N) is 1. The number of primary amides is 1. The van der Waals surface area contributed by atoms with Crippen LogP contribution in [0, 0.1) is 0 Å². The van der Waals surface area contributed by atoms with Gasteiger partial charge in [-0.2, -0.15) is 0 Å². The first kappa shape index (κ1) is 13.9. The Morgan fingerprint density at radius 1 is 1.52 bits per heavy atom. The lowest BCUT2D eigenvalue weighted by Crippen LogP contribution is -2.16. The summed E-state index contributed by atoms with van der Waals surface area (Å²) in [6, 6.07) is 5.87. The molecule has 2 aromatic rings. The number of carbonyl (C=O) groups is 1. The summed E-state index contributed by atoms with van der Waals surface area (Å²) in [4.78, 5) is 15.8.